The van der Waals surface area contributed by atoms with Gasteiger partial charge in [0.05, 0.1) is 6.26 Å². The third kappa shape index (κ3) is 4.10. The molecule has 0 spiro atoms. The summed E-state index contributed by atoms with van der Waals surface area (Å²) < 4.78 is 5.07. The molecular formula is C16H25N3O3. The monoisotopic (exact) mass is 307 g/mol. The molecule has 0 aliphatic carbocycles. The Bertz CT molecular complexity index is 499. The molecule has 1 fully saturated rings. The zero-order valence-corrected chi connectivity index (χ0v) is 13.4. The molecule has 1 aliphatic rings. The number of carbonyl (C=O) groups excluding carboxylic acids is 2. The van der Waals surface area contributed by atoms with E-state index >= 15 is 0 Å². The van der Waals surface area contributed by atoms with Crippen LogP contribution in [-0.2, 0) is 4.79 Å². The van der Waals surface area contributed by atoms with Crippen LogP contribution in [0.15, 0.2) is 22.8 Å². The van der Waals surface area contributed by atoms with Gasteiger partial charge in [0.2, 0.25) is 5.91 Å². The Hall–Kier alpha value is -1.82. The van der Waals surface area contributed by atoms with E-state index in [1.807, 2.05) is 13.8 Å². The Kier molecular flexibility index (Phi) is 5.60. The van der Waals surface area contributed by atoms with Crippen molar-refractivity contribution in [2.75, 3.05) is 6.54 Å². The van der Waals surface area contributed by atoms with Gasteiger partial charge in [-0.25, -0.2) is 0 Å². The third-order valence-electron chi connectivity index (χ3n) is 4.07. The summed E-state index contributed by atoms with van der Waals surface area (Å²) in [6.07, 6.45) is 3.44. The van der Waals surface area contributed by atoms with Crippen molar-refractivity contribution < 1.29 is 14.0 Å². The maximum Gasteiger partial charge on any atom is 0.287 e. The number of furan rings is 1. The zero-order chi connectivity index (χ0) is 16.1. The van der Waals surface area contributed by atoms with Crippen molar-refractivity contribution in [2.24, 2.45) is 5.92 Å². The quantitative estimate of drug-likeness (QED) is 0.765. The van der Waals surface area contributed by atoms with Crippen LogP contribution in [0.25, 0.3) is 0 Å². The Labute approximate surface area is 131 Å². The van der Waals surface area contributed by atoms with E-state index in [0.717, 1.165) is 19.4 Å². The van der Waals surface area contributed by atoms with Crippen molar-refractivity contribution in [1.29, 1.82) is 0 Å². The molecule has 2 amide bonds. The summed E-state index contributed by atoms with van der Waals surface area (Å²) in [6.45, 7) is 6.87. The fourth-order valence-electron chi connectivity index (χ4n) is 2.67. The summed E-state index contributed by atoms with van der Waals surface area (Å²) in [4.78, 5) is 24.6. The van der Waals surface area contributed by atoms with E-state index < -0.39 is 6.04 Å². The summed E-state index contributed by atoms with van der Waals surface area (Å²) in [5, 5.41) is 9.16. The van der Waals surface area contributed by atoms with Gasteiger partial charge in [0.25, 0.3) is 5.91 Å². The Morgan fingerprint density at radius 2 is 2.18 bits per heavy atom. The van der Waals surface area contributed by atoms with Crippen molar-refractivity contribution >= 4 is 11.8 Å². The lowest BCUT2D eigenvalue weighted by atomic mass is 9.97. The van der Waals surface area contributed by atoms with Gasteiger partial charge in [-0.2, -0.15) is 0 Å². The van der Waals surface area contributed by atoms with Crippen molar-refractivity contribution in [1.82, 2.24) is 16.0 Å². The largest absolute Gasteiger partial charge is 0.459 e. The van der Waals surface area contributed by atoms with Crippen molar-refractivity contribution in [2.45, 2.75) is 51.7 Å². The number of rotatable bonds is 5. The molecule has 6 heteroatoms. The van der Waals surface area contributed by atoms with E-state index in [2.05, 4.69) is 22.9 Å². The maximum atomic E-state index is 12.5. The summed E-state index contributed by atoms with van der Waals surface area (Å²) in [7, 11) is 0. The molecule has 2 rings (SSSR count). The number of piperidine rings is 1. The molecule has 1 aromatic heterocycles. The smallest absolute Gasteiger partial charge is 0.287 e. The maximum absolute atomic E-state index is 12.5. The van der Waals surface area contributed by atoms with Crippen molar-refractivity contribution in [3.8, 4) is 0 Å². The second-order valence-electron chi connectivity index (χ2n) is 6.17. The molecule has 1 aromatic rings. The molecule has 0 bridgehead atoms. The van der Waals surface area contributed by atoms with Gasteiger partial charge >= 0.3 is 0 Å². The summed E-state index contributed by atoms with van der Waals surface area (Å²) in [5.74, 6) is -0.305. The Morgan fingerprint density at radius 3 is 2.77 bits per heavy atom. The van der Waals surface area contributed by atoms with E-state index in [1.165, 1.54) is 6.26 Å². The number of hydrogen-bond donors (Lipinski definition) is 3. The molecule has 22 heavy (non-hydrogen) atoms. The lowest BCUT2D eigenvalue weighted by molar-refractivity contribution is -0.125. The fraction of sp³-hybridized carbons (Fsp3) is 0.625. The third-order valence-corrected chi connectivity index (χ3v) is 4.07. The first-order valence-corrected chi connectivity index (χ1v) is 7.87. The number of hydrogen-bond acceptors (Lipinski definition) is 4. The average Bonchev–Trinajstić information content (AvgIpc) is 3.00. The van der Waals surface area contributed by atoms with Gasteiger partial charge in [-0.15, -0.1) is 0 Å². The van der Waals surface area contributed by atoms with Crippen LogP contribution < -0.4 is 16.0 Å². The van der Waals surface area contributed by atoms with Gasteiger partial charge in [0.1, 0.15) is 6.04 Å². The van der Waals surface area contributed by atoms with Crippen LogP contribution >= 0.6 is 0 Å². The van der Waals surface area contributed by atoms with E-state index in [4.69, 9.17) is 4.42 Å². The first-order chi connectivity index (χ1) is 10.5. The first kappa shape index (κ1) is 16.5. The summed E-state index contributed by atoms with van der Waals surface area (Å²) in [5.41, 5.74) is 0. The highest BCUT2D eigenvalue weighted by Gasteiger charge is 2.29. The molecular weight excluding hydrogens is 282 g/mol. The second-order valence-corrected chi connectivity index (χ2v) is 6.17. The van der Waals surface area contributed by atoms with E-state index in [-0.39, 0.29) is 35.6 Å². The fourth-order valence-corrected chi connectivity index (χ4v) is 2.67. The van der Waals surface area contributed by atoms with Gasteiger partial charge in [-0.1, -0.05) is 13.8 Å². The van der Waals surface area contributed by atoms with Gasteiger partial charge in [-0.3, -0.25) is 9.59 Å². The normalized spacial score (nSPS) is 23.1. The SMILES string of the molecule is CC(C)C(NC(=O)c1ccco1)C(=O)NC1CCCNC1C. The highest BCUT2D eigenvalue weighted by molar-refractivity contribution is 5.95. The molecule has 3 unspecified atom stereocenters. The number of carbonyl (C=O) groups is 2. The van der Waals surface area contributed by atoms with Crippen LogP contribution in [0.2, 0.25) is 0 Å². The predicted octanol–water partition coefficient (Wildman–Crippen LogP) is 1.29. The van der Waals surface area contributed by atoms with Crippen LogP contribution in [0.1, 0.15) is 44.2 Å². The molecule has 6 nitrogen and oxygen atoms in total. The van der Waals surface area contributed by atoms with Crippen molar-refractivity contribution in [3.63, 3.8) is 0 Å². The molecule has 0 radical (unpaired) electrons. The Morgan fingerprint density at radius 1 is 1.41 bits per heavy atom. The lowest BCUT2D eigenvalue weighted by Gasteiger charge is -2.32. The minimum Gasteiger partial charge on any atom is -0.459 e. The van der Waals surface area contributed by atoms with Gasteiger partial charge < -0.3 is 20.4 Å². The summed E-state index contributed by atoms with van der Waals surface area (Å²) >= 11 is 0. The van der Waals surface area contributed by atoms with Crippen LogP contribution in [0.5, 0.6) is 0 Å². The van der Waals surface area contributed by atoms with Gasteiger partial charge in [0.15, 0.2) is 5.76 Å². The highest BCUT2D eigenvalue weighted by atomic mass is 16.3. The molecule has 0 saturated carbocycles. The molecule has 1 saturated heterocycles. The van der Waals surface area contributed by atoms with E-state index in [9.17, 15) is 9.59 Å². The van der Waals surface area contributed by atoms with Gasteiger partial charge in [-0.05, 0) is 44.4 Å². The minimum absolute atomic E-state index is 0.00855. The molecule has 0 aromatic carbocycles. The van der Waals surface area contributed by atoms with Crippen LogP contribution in [0, 0.1) is 5.92 Å². The van der Waals surface area contributed by atoms with Crippen LogP contribution in [0.3, 0.4) is 0 Å². The standard InChI is InChI=1S/C16H25N3O3/c1-10(2)14(19-15(20)13-7-5-9-22-13)16(21)18-12-6-4-8-17-11(12)3/h5,7,9-12,14,17H,4,6,8H2,1-3H3,(H,18,21)(H,19,20). The molecule has 1 aliphatic heterocycles. The zero-order valence-electron chi connectivity index (χ0n) is 13.4. The molecule has 2 heterocycles. The first-order valence-electron chi connectivity index (χ1n) is 7.87. The van der Waals surface area contributed by atoms with E-state index in [0.29, 0.717) is 0 Å². The predicted molar refractivity (Wildman–Crippen MR) is 83.4 cm³/mol. The van der Waals surface area contributed by atoms with Crippen LogP contribution in [-0.4, -0.2) is 36.5 Å². The second kappa shape index (κ2) is 7.45. The van der Waals surface area contributed by atoms with E-state index in [1.54, 1.807) is 12.1 Å². The summed E-state index contributed by atoms with van der Waals surface area (Å²) in [6, 6.07) is 2.99. The molecule has 122 valence electrons. The number of nitrogens with one attached hydrogen (secondary N) is 3. The number of amides is 2. The Balaban J connectivity index is 1.97. The minimum atomic E-state index is -0.577. The van der Waals surface area contributed by atoms with Crippen LogP contribution in [0.4, 0.5) is 0 Å². The topological polar surface area (TPSA) is 83.4 Å². The lowest BCUT2D eigenvalue weighted by Crippen LogP contribution is -2.57. The van der Waals surface area contributed by atoms with Gasteiger partial charge in [0, 0.05) is 12.1 Å². The highest BCUT2D eigenvalue weighted by Crippen LogP contribution is 2.11. The average molecular weight is 307 g/mol. The van der Waals surface area contributed by atoms with Crippen molar-refractivity contribution in [3.05, 3.63) is 24.2 Å². The molecule has 3 N–H and O–H groups in total. The molecule has 3 atom stereocenters.